The van der Waals surface area contributed by atoms with Crippen LogP contribution in [0.5, 0.6) is 0 Å². The largest absolute Gasteiger partial charge is 0.350 e. The maximum absolute atomic E-state index is 12.2. The van der Waals surface area contributed by atoms with Crippen molar-refractivity contribution in [3.05, 3.63) is 28.2 Å². The SMILES string of the molecule is CC(C)(CN)NC(=O)CCNS(=O)(=O)c1c(Cl)cccc1Cl.Cl. The lowest BCUT2D eigenvalue weighted by Gasteiger charge is -2.24. The molecule has 1 aromatic rings. The standard InChI is InChI=1S/C13H19Cl2N3O3S.ClH/c1-13(2,8-16)18-11(19)6-7-17-22(20,21)12-9(14)4-3-5-10(12)15;/h3-5,17H,6-8,16H2,1-2H3,(H,18,19);1H. The minimum absolute atomic E-state index is 0. The zero-order valence-corrected chi connectivity index (χ0v) is 15.9. The van der Waals surface area contributed by atoms with Crippen LogP contribution in [-0.2, 0) is 14.8 Å². The number of carbonyl (C=O) groups is 1. The summed E-state index contributed by atoms with van der Waals surface area (Å²) in [4.78, 5) is 11.5. The Morgan fingerprint density at radius 2 is 1.78 bits per heavy atom. The number of hydrogen-bond acceptors (Lipinski definition) is 4. The summed E-state index contributed by atoms with van der Waals surface area (Å²) in [6, 6.07) is 4.41. The first-order valence-electron chi connectivity index (χ1n) is 6.54. The molecule has 10 heteroatoms. The monoisotopic (exact) mass is 403 g/mol. The summed E-state index contributed by atoms with van der Waals surface area (Å²) in [5.41, 5.74) is 4.97. The summed E-state index contributed by atoms with van der Waals surface area (Å²) in [6.07, 6.45) is -0.0231. The molecule has 23 heavy (non-hydrogen) atoms. The predicted octanol–water partition coefficient (Wildman–Crippen LogP) is 1.94. The molecule has 0 aliphatic carbocycles. The molecular formula is C13H20Cl3N3O3S. The fourth-order valence-electron chi connectivity index (χ4n) is 1.60. The van der Waals surface area contributed by atoms with Crippen LogP contribution in [0, 0.1) is 0 Å². The molecule has 0 unspecified atom stereocenters. The highest BCUT2D eigenvalue weighted by atomic mass is 35.5. The Morgan fingerprint density at radius 3 is 2.26 bits per heavy atom. The topological polar surface area (TPSA) is 101 Å². The molecule has 0 aromatic heterocycles. The lowest BCUT2D eigenvalue weighted by Crippen LogP contribution is -2.49. The highest BCUT2D eigenvalue weighted by Gasteiger charge is 2.22. The molecule has 0 aliphatic rings. The number of rotatable bonds is 7. The Balaban J connectivity index is 0.00000484. The van der Waals surface area contributed by atoms with Gasteiger partial charge in [-0.2, -0.15) is 0 Å². The van der Waals surface area contributed by atoms with Crippen LogP contribution in [0.2, 0.25) is 10.0 Å². The summed E-state index contributed by atoms with van der Waals surface area (Å²) in [5.74, 6) is -0.302. The van der Waals surface area contributed by atoms with Crippen LogP contribution >= 0.6 is 35.6 Å². The van der Waals surface area contributed by atoms with Gasteiger partial charge in [0.15, 0.2) is 0 Å². The fraction of sp³-hybridized carbons (Fsp3) is 0.462. The molecule has 0 atom stereocenters. The molecule has 0 bridgehead atoms. The Labute approximate surface area is 152 Å². The molecule has 0 aliphatic heterocycles. The normalized spacial score (nSPS) is 11.7. The van der Waals surface area contributed by atoms with Crippen molar-refractivity contribution >= 4 is 51.5 Å². The van der Waals surface area contributed by atoms with Gasteiger partial charge in [0.25, 0.3) is 0 Å². The number of nitrogens with one attached hydrogen (secondary N) is 2. The van der Waals surface area contributed by atoms with Gasteiger partial charge in [-0.3, -0.25) is 4.79 Å². The summed E-state index contributed by atoms with van der Waals surface area (Å²) < 4.78 is 26.6. The zero-order valence-electron chi connectivity index (χ0n) is 12.7. The zero-order chi connectivity index (χ0) is 17.0. The summed E-state index contributed by atoms with van der Waals surface area (Å²) in [7, 11) is -3.89. The third kappa shape index (κ3) is 6.82. The highest BCUT2D eigenvalue weighted by Crippen LogP contribution is 2.28. The Bertz CT molecular complexity index is 631. The van der Waals surface area contributed by atoms with Crippen molar-refractivity contribution in [3.63, 3.8) is 0 Å². The molecule has 0 radical (unpaired) electrons. The molecule has 0 heterocycles. The molecular weight excluding hydrogens is 385 g/mol. The lowest BCUT2D eigenvalue weighted by atomic mass is 10.1. The van der Waals surface area contributed by atoms with E-state index < -0.39 is 15.6 Å². The van der Waals surface area contributed by atoms with Gasteiger partial charge in [0.2, 0.25) is 15.9 Å². The van der Waals surface area contributed by atoms with Crippen LogP contribution in [0.15, 0.2) is 23.1 Å². The van der Waals surface area contributed by atoms with Gasteiger partial charge in [-0.05, 0) is 26.0 Å². The van der Waals surface area contributed by atoms with Crippen LogP contribution in [0.25, 0.3) is 0 Å². The second-order valence-corrected chi connectivity index (χ2v) is 7.85. The van der Waals surface area contributed by atoms with E-state index >= 15 is 0 Å². The molecule has 0 saturated heterocycles. The highest BCUT2D eigenvalue weighted by molar-refractivity contribution is 7.89. The van der Waals surface area contributed by atoms with Gasteiger partial charge < -0.3 is 11.1 Å². The van der Waals surface area contributed by atoms with Gasteiger partial charge in [0, 0.05) is 25.0 Å². The van der Waals surface area contributed by atoms with E-state index in [-0.39, 0.29) is 52.8 Å². The average molecular weight is 405 g/mol. The molecule has 132 valence electrons. The minimum Gasteiger partial charge on any atom is -0.350 e. The van der Waals surface area contributed by atoms with Gasteiger partial charge in [-0.1, -0.05) is 29.3 Å². The van der Waals surface area contributed by atoms with Gasteiger partial charge in [-0.25, -0.2) is 13.1 Å². The van der Waals surface area contributed by atoms with Crippen LogP contribution in [0.3, 0.4) is 0 Å². The van der Waals surface area contributed by atoms with Crippen molar-refractivity contribution in [2.24, 2.45) is 5.73 Å². The van der Waals surface area contributed by atoms with E-state index in [1.165, 1.54) is 12.1 Å². The number of sulfonamides is 1. The lowest BCUT2D eigenvalue weighted by molar-refractivity contribution is -0.122. The molecule has 4 N–H and O–H groups in total. The molecule has 0 fully saturated rings. The second kappa shape index (κ2) is 9.05. The van der Waals surface area contributed by atoms with Crippen LogP contribution in [0.1, 0.15) is 20.3 Å². The maximum atomic E-state index is 12.2. The third-order valence-corrected chi connectivity index (χ3v) is 5.24. The van der Waals surface area contributed by atoms with Crippen LogP contribution in [0.4, 0.5) is 0 Å². The quantitative estimate of drug-likeness (QED) is 0.646. The minimum atomic E-state index is -3.89. The number of nitrogens with two attached hydrogens (primary N) is 1. The maximum Gasteiger partial charge on any atom is 0.243 e. The van der Waals surface area contributed by atoms with E-state index in [0.717, 1.165) is 0 Å². The number of halogens is 3. The number of amides is 1. The molecule has 0 spiro atoms. The first-order chi connectivity index (χ1) is 10.1. The van der Waals surface area contributed by atoms with E-state index in [0.29, 0.717) is 0 Å². The van der Waals surface area contributed by atoms with Gasteiger partial charge >= 0.3 is 0 Å². The summed E-state index contributed by atoms with van der Waals surface area (Å²) in [6.45, 7) is 3.76. The van der Waals surface area contributed by atoms with Crippen LogP contribution in [-0.4, -0.2) is 33.0 Å². The Kier molecular flexibility index (Phi) is 8.83. The average Bonchev–Trinajstić information content (AvgIpc) is 2.37. The van der Waals surface area contributed by atoms with E-state index in [2.05, 4.69) is 10.0 Å². The Hall–Kier alpha value is -0.570. The first kappa shape index (κ1) is 22.4. The molecule has 1 amide bonds. The third-order valence-electron chi connectivity index (χ3n) is 2.82. The van der Waals surface area contributed by atoms with Crippen molar-refractivity contribution in [2.45, 2.75) is 30.7 Å². The number of benzene rings is 1. The Morgan fingerprint density at radius 1 is 1.26 bits per heavy atom. The van der Waals surface area contributed by atoms with Crippen molar-refractivity contribution in [3.8, 4) is 0 Å². The van der Waals surface area contributed by atoms with E-state index in [4.69, 9.17) is 28.9 Å². The number of hydrogen-bond donors (Lipinski definition) is 3. The van der Waals surface area contributed by atoms with Crippen molar-refractivity contribution in [1.29, 1.82) is 0 Å². The summed E-state index contributed by atoms with van der Waals surface area (Å²) in [5, 5.41) is 2.75. The van der Waals surface area contributed by atoms with Gasteiger partial charge in [0.1, 0.15) is 4.90 Å². The second-order valence-electron chi connectivity index (χ2n) is 5.33. The molecule has 0 saturated carbocycles. The van der Waals surface area contributed by atoms with Gasteiger partial charge in [-0.15, -0.1) is 12.4 Å². The van der Waals surface area contributed by atoms with Crippen molar-refractivity contribution < 1.29 is 13.2 Å². The summed E-state index contributed by atoms with van der Waals surface area (Å²) >= 11 is 11.7. The number of carbonyl (C=O) groups excluding carboxylic acids is 1. The molecule has 1 aromatic carbocycles. The van der Waals surface area contributed by atoms with E-state index in [1.54, 1.807) is 19.9 Å². The van der Waals surface area contributed by atoms with Crippen molar-refractivity contribution in [2.75, 3.05) is 13.1 Å². The fourth-order valence-corrected chi connectivity index (χ4v) is 3.77. The molecule has 1 rings (SSSR count). The first-order valence-corrected chi connectivity index (χ1v) is 8.78. The predicted molar refractivity (Wildman–Crippen MR) is 94.8 cm³/mol. The van der Waals surface area contributed by atoms with E-state index in [1.807, 2.05) is 0 Å². The van der Waals surface area contributed by atoms with E-state index in [9.17, 15) is 13.2 Å². The molecule has 6 nitrogen and oxygen atoms in total. The van der Waals surface area contributed by atoms with Crippen LogP contribution < -0.4 is 15.8 Å². The van der Waals surface area contributed by atoms with Gasteiger partial charge in [0.05, 0.1) is 10.0 Å². The smallest absolute Gasteiger partial charge is 0.243 e. The van der Waals surface area contributed by atoms with Crippen molar-refractivity contribution in [1.82, 2.24) is 10.0 Å².